The third-order valence-electron chi connectivity index (χ3n) is 2.62. The second-order valence-corrected chi connectivity index (χ2v) is 5.77. The summed E-state index contributed by atoms with van der Waals surface area (Å²) in [5.74, 6) is -0.494. The fraction of sp³-hybridized carbons (Fsp3) is 0.692. The van der Waals surface area contributed by atoms with Gasteiger partial charge in [0.1, 0.15) is 16.0 Å². The summed E-state index contributed by atoms with van der Waals surface area (Å²) in [5, 5.41) is 9.99. The molecule has 0 bridgehead atoms. The molecule has 0 aliphatic carbocycles. The second-order valence-electron chi connectivity index (χ2n) is 4.74. The van der Waals surface area contributed by atoms with Gasteiger partial charge in [-0.1, -0.05) is 27.2 Å². The molecular formula is C13H21NO3S. The predicted octanol–water partition coefficient (Wildman–Crippen LogP) is 3.53. The SMILES string of the molecule is CCCC(OC)c1nc(CC(C)C)c(C(=O)O)s1. The largest absolute Gasteiger partial charge is 0.477 e. The van der Waals surface area contributed by atoms with Crippen LogP contribution in [0.15, 0.2) is 0 Å². The number of aromatic carboxylic acids is 1. The van der Waals surface area contributed by atoms with E-state index >= 15 is 0 Å². The van der Waals surface area contributed by atoms with E-state index in [0.717, 1.165) is 17.8 Å². The molecule has 4 nitrogen and oxygen atoms in total. The summed E-state index contributed by atoms with van der Waals surface area (Å²) in [5.41, 5.74) is 0.690. The standard InChI is InChI=1S/C13H21NO3S/c1-5-6-10(17-4)12-14-9(7-8(2)3)11(18-12)13(15)16/h8,10H,5-7H2,1-4H3,(H,15,16). The third-order valence-corrected chi connectivity index (χ3v) is 3.80. The van der Waals surface area contributed by atoms with E-state index in [2.05, 4.69) is 25.8 Å². The Morgan fingerprint density at radius 3 is 2.61 bits per heavy atom. The van der Waals surface area contributed by atoms with Crippen LogP contribution < -0.4 is 0 Å². The van der Waals surface area contributed by atoms with Gasteiger partial charge in [0, 0.05) is 7.11 Å². The van der Waals surface area contributed by atoms with E-state index in [9.17, 15) is 9.90 Å². The van der Waals surface area contributed by atoms with Gasteiger partial charge in [-0.2, -0.15) is 0 Å². The van der Waals surface area contributed by atoms with Crippen LogP contribution in [0.3, 0.4) is 0 Å². The Hall–Kier alpha value is -0.940. The minimum absolute atomic E-state index is 0.0842. The number of ether oxygens (including phenoxy) is 1. The maximum atomic E-state index is 11.2. The predicted molar refractivity (Wildman–Crippen MR) is 72.3 cm³/mol. The molecule has 0 saturated heterocycles. The van der Waals surface area contributed by atoms with Crippen LogP contribution in [-0.4, -0.2) is 23.2 Å². The number of carbonyl (C=O) groups is 1. The van der Waals surface area contributed by atoms with E-state index in [0.29, 0.717) is 22.9 Å². The lowest BCUT2D eigenvalue weighted by Crippen LogP contribution is -2.03. The highest BCUT2D eigenvalue weighted by atomic mass is 32.1. The summed E-state index contributed by atoms with van der Waals surface area (Å²) in [6.45, 7) is 6.20. The monoisotopic (exact) mass is 271 g/mol. The first-order valence-corrected chi connectivity index (χ1v) is 7.06. The molecule has 0 fully saturated rings. The third kappa shape index (κ3) is 3.78. The van der Waals surface area contributed by atoms with Gasteiger partial charge in [0.15, 0.2) is 0 Å². The van der Waals surface area contributed by atoms with Crippen LogP contribution in [-0.2, 0) is 11.2 Å². The highest BCUT2D eigenvalue weighted by Gasteiger charge is 2.22. The van der Waals surface area contributed by atoms with Crippen LogP contribution in [0.4, 0.5) is 0 Å². The number of aromatic nitrogens is 1. The molecule has 1 aromatic heterocycles. The number of methoxy groups -OCH3 is 1. The van der Waals surface area contributed by atoms with Crippen molar-refractivity contribution in [2.45, 2.75) is 46.1 Å². The van der Waals surface area contributed by atoms with Gasteiger partial charge in [0.2, 0.25) is 0 Å². The van der Waals surface area contributed by atoms with Crippen molar-refractivity contribution in [1.29, 1.82) is 0 Å². The lowest BCUT2D eigenvalue weighted by molar-refractivity contribution is 0.0700. The zero-order valence-electron chi connectivity index (χ0n) is 11.4. The Labute approximate surface area is 112 Å². The summed E-state index contributed by atoms with van der Waals surface area (Å²) in [7, 11) is 1.64. The minimum atomic E-state index is -0.888. The fourth-order valence-corrected chi connectivity index (χ4v) is 2.85. The molecular weight excluding hydrogens is 250 g/mol. The molecule has 18 heavy (non-hydrogen) atoms. The average Bonchev–Trinajstić information content (AvgIpc) is 2.68. The smallest absolute Gasteiger partial charge is 0.347 e. The molecule has 0 saturated carbocycles. The fourth-order valence-electron chi connectivity index (χ4n) is 1.80. The molecule has 0 amide bonds. The molecule has 5 heteroatoms. The topological polar surface area (TPSA) is 59.4 Å². The lowest BCUT2D eigenvalue weighted by atomic mass is 10.1. The van der Waals surface area contributed by atoms with Crippen molar-refractivity contribution in [1.82, 2.24) is 4.98 Å². The normalized spacial score (nSPS) is 12.9. The molecule has 0 aliphatic rings. The van der Waals surface area contributed by atoms with E-state index in [1.165, 1.54) is 11.3 Å². The van der Waals surface area contributed by atoms with E-state index in [1.807, 2.05) is 0 Å². The van der Waals surface area contributed by atoms with Crippen LogP contribution in [0.1, 0.15) is 60.1 Å². The van der Waals surface area contributed by atoms with Gasteiger partial charge >= 0.3 is 5.97 Å². The Kier molecular flexibility index (Phi) is 5.75. The highest BCUT2D eigenvalue weighted by molar-refractivity contribution is 7.13. The average molecular weight is 271 g/mol. The van der Waals surface area contributed by atoms with Crippen LogP contribution in [0.5, 0.6) is 0 Å². The van der Waals surface area contributed by atoms with Crippen molar-refractivity contribution in [3.05, 3.63) is 15.6 Å². The van der Waals surface area contributed by atoms with Crippen LogP contribution in [0, 0.1) is 5.92 Å². The molecule has 1 aromatic rings. The summed E-state index contributed by atoms with van der Waals surface area (Å²) in [4.78, 5) is 16.0. The Balaban J connectivity index is 3.04. The molecule has 0 aliphatic heterocycles. The Morgan fingerprint density at radius 2 is 2.17 bits per heavy atom. The Bertz CT molecular complexity index is 401. The molecule has 0 radical (unpaired) electrons. The molecule has 1 unspecified atom stereocenters. The van der Waals surface area contributed by atoms with Gasteiger partial charge in [0.05, 0.1) is 5.69 Å². The highest BCUT2D eigenvalue weighted by Crippen LogP contribution is 2.30. The van der Waals surface area contributed by atoms with E-state index in [1.54, 1.807) is 7.11 Å². The van der Waals surface area contributed by atoms with E-state index < -0.39 is 5.97 Å². The first-order chi connectivity index (χ1) is 8.49. The van der Waals surface area contributed by atoms with Gasteiger partial charge in [-0.15, -0.1) is 11.3 Å². The molecule has 102 valence electrons. The molecule has 1 heterocycles. The van der Waals surface area contributed by atoms with Crippen LogP contribution in [0.25, 0.3) is 0 Å². The number of carboxylic acid groups (broad SMARTS) is 1. The number of rotatable bonds is 7. The first-order valence-electron chi connectivity index (χ1n) is 6.25. The van der Waals surface area contributed by atoms with E-state index in [4.69, 9.17) is 4.74 Å². The molecule has 1 rings (SSSR count). The van der Waals surface area contributed by atoms with Gasteiger partial charge in [-0.3, -0.25) is 0 Å². The molecule has 1 atom stereocenters. The van der Waals surface area contributed by atoms with Crippen molar-refractivity contribution >= 4 is 17.3 Å². The number of thiazole rings is 1. The Morgan fingerprint density at radius 1 is 1.50 bits per heavy atom. The van der Waals surface area contributed by atoms with Gasteiger partial charge in [-0.05, 0) is 18.8 Å². The van der Waals surface area contributed by atoms with Gasteiger partial charge in [0.25, 0.3) is 0 Å². The van der Waals surface area contributed by atoms with Crippen LogP contribution >= 0.6 is 11.3 Å². The minimum Gasteiger partial charge on any atom is -0.477 e. The number of nitrogens with zero attached hydrogens (tertiary/aromatic N) is 1. The molecule has 0 spiro atoms. The number of carboxylic acids is 1. The summed E-state index contributed by atoms with van der Waals surface area (Å²) < 4.78 is 5.38. The summed E-state index contributed by atoms with van der Waals surface area (Å²) in [6, 6.07) is 0. The zero-order chi connectivity index (χ0) is 13.7. The lowest BCUT2D eigenvalue weighted by Gasteiger charge is -2.10. The number of hydrogen-bond donors (Lipinski definition) is 1. The zero-order valence-corrected chi connectivity index (χ0v) is 12.2. The quantitative estimate of drug-likeness (QED) is 0.824. The van der Waals surface area contributed by atoms with Crippen molar-refractivity contribution in [2.24, 2.45) is 5.92 Å². The van der Waals surface area contributed by atoms with Crippen molar-refractivity contribution < 1.29 is 14.6 Å². The maximum Gasteiger partial charge on any atom is 0.347 e. The van der Waals surface area contributed by atoms with Crippen molar-refractivity contribution in [2.75, 3.05) is 7.11 Å². The molecule has 0 aromatic carbocycles. The second kappa shape index (κ2) is 6.85. The summed E-state index contributed by atoms with van der Waals surface area (Å²) >= 11 is 1.25. The molecule has 1 N–H and O–H groups in total. The van der Waals surface area contributed by atoms with Gasteiger partial charge < -0.3 is 9.84 Å². The van der Waals surface area contributed by atoms with Crippen molar-refractivity contribution in [3.63, 3.8) is 0 Å². The number of hydrogen-bond acceptors (Lipinski definition) is 4. The van der Waals surface area contributed by atoms with Crippen molar-refractivity contribution in [3.8, 4) is 0 Å². The van der Waals surface area contributed by atoms with Gasteiger partial charge in [-0.25, -0.2) is 9.78 Å². The van der Waals surface area contributed by atoms with E-state index in [-0.39, 0.29) is 6.10 Å². The maximum absolute atomic E-state index is 11.2. The summed E-state index contributed by atoms with van der Waals surface area (Å²) in [6.07, 6.45) is 2.46. The first kappa shape index (κ1) is 15.1. The van der Waals surface area contributed by atoms with Crippen LogP contribution in [0.2, 0.25) is 0 Å².